The van der Waals surface area contributed by atoms with E-state index in [1.165, 1.54) is 12.5 Å². The van der Waals surface area contributed by atoms with Gasteiger partial charge in [0.2, 0.25) is 0 Å². The molecule has 0 heterocycles. The largest absolute Gasteiger partial charge is 0.499 e. The number of alkyl halides is 2. The van der Waals surface area contributed by atoms with Gasteiger partial charge in [-0.25, -0.2) is 0 Å². The molecule has 23 heavy (non-hydrogen) atoms. The highest BCUT2D eigenvalue weighted by Crippen LogP contribution is 2.51. The highest BCUT2D eigenvalue weighted by Gasteiger charge is 2.31. The summed E-state index contributed by atoms with van der Waals surface area (Å²) in [6.45, 7) is 5.96. The summed E-state index contributed by atoms with van der Waals surface area (Å²) in [6.07, 6.45) is 6.41. The van der Waals surface area contributed by atoms with Crippen LogP contribution in [0.25, 0.3) is 0 Å². The van der Waals surface area contributed by atoms with Crippen LogP contribution in [0.4, 0.5) is 0 Å². The van der Waals surface area contributed by atoms with Crippen molar-refractivity contribution in [2.45, 2.75) is 39.4 Å². The minimum absolute atomic E-state index is 0.148. The lowest BCUT2D eigenvalue weighted by molar-refractivity contribution is 0.0632. The van der Waals surface area contributed by atoms with Crippen LogP contribution in [0.2, 0.25) is 0 Å². The van der Waals surface area contributed by atoms with Crippen molar-refractivity contribution in [1.82, 2.24) is 0 Å². The van der Waals surface area contributed by atoms with E-state index >= 15 is 0 Å². The molecular weight excluding hydrogens is 362 g/mol. The van der Waals surface area contributed by atoms with Crippen LogP contribution in [0.1, 0.15) is 27.2 Å². The van der Waals surface area contributed by atoms with Crippen molar-refractivity contribution in [2.24, 2.45) is 0 Å². The molecule has 5 nitrogen and oxygen atoms in total. The molecule has 0 aromatic carbocycles. The van der Waals surface area contributed by atoms with Gasteiger partial charge in [-0.2, -0.15) is 0 Å². The molecule has 2 unspecified atom stereocenters. The van der Waals surface area contributed by atoms with Crippen LogP contribution >= 0.6 is 30.8 Å². The molecular formula is C15H27Cl2O5P. The molecule has 0 aliphatic rings. The molecule has 2 atom stereocenters. The summed E-state index contributed by atoms with van der Waals surface area (Å²) in [7, 11) is -3.34. The lowest BCUT2D eigenvalue weighted by atomic mass is 10.4. The molecule has 0 N–H and O–H groups in total. The second kappa shape index (κ2) is 14.2. The summed E-state index contributed by atoms with van der Waals surface area (Å²) < 4.78 is 34.6. The van der Waals surface area contributed by atoms with Crippen LogP contribution in [-0.2, 0) is 23.1 Å². The van der Waals surface area contributed by atoms with Gasteiger partial charge < -0.3 is 18.5 Å². The standard InChI is InChI=1S/C15H27Cl2O5P/c1-4-7-19-12-14(10-16)21-23(18,9-6-3)22-15(11-17)13-20-8-5-2/h4-5,7-8,14-15H,6,9-13H2,1-3H3. The normalized spacial score (nSPS) is 17.3. The van der Waals surface area contributed by atoms with Gasteiger partial charge in [0.05, 0.1) is 24.3 Å². The minimum Gasteiger partial charge on any atom is -0.499 e. The molecule has 0 bridgehead atoms. The van der Waals surface area contributed by atoms with Crippen LogP contribution < -0.4 is 0 Å². The van der Waals surface area contributed by atoms with Crippen LogP contribution in [-0.4, -0.2) is 43.3 Å². The number of rotatable bonds is 14. The Morgan fingerprint density at radius 1 is 0.957 bits per heavy atom. The van der Waals surface area contributed by atoms with E-state index in [0.717, 1.165) is 0 Å². The maximum Gasteiger partial charge on any atom is 0.331 e. The Morgan fingerprint density at radius 3 is 1.70 bits per heavy atom. The fourth-order valence-corrected chi connectivity index (χ4v) is 4.05. The first-order valence-electron chi connectivity index (χ1n) is 7.58. The lowest BCUT2D eigenvalue weighted by Crippen LogP contribution is -2.25. The highest BCUT2D eigenvalue weighted by atomic mass is 35.5. The topological polar surface area (TPSA) is 54.0 Å². The Balaban J connectivity index is 4.75. The molecule has 0 aromatic rings. The summed E-state index contributed by atoms with van der Waals surface area (Å²) in [5.41, 5.74) is 0. The van der Waals surface area contributed by atoms with Gasteiger partial charge >= 0.3 is 7.60 Å². The third kappa shape index (κ3) is 11.1. The van der Waals surface area contributed by atoms with E-state index in [9.17, 15) is 4.57 Å². The quantitative estimate of drug-likeness (QED) is 0.239. The predicted octanol–water partition coefficient (Wildman–Crippen LogP) is 4.94. The summed E-state index contributed by atoms with van der Waals surface area (Å²) >= 11 is 11.7. The lowest BCUT2D eigenvalue weighted by Gasteiger charge is -2.26. The number of hydrogen-bond acceptors (Lipinski definition) is 5. The first kappa shape index (κ1) is 22.8. The monoisotopic (exact) mass is 388 g/mol. The van der Waals surface area contributed by atoms with Crippen LogP contribution in [0.5, 0.6) is 0 Å². The second-order valence-electron chi connectivity index (χ2n) is 4.70. The van der Waals surface area contributed by atoms with E-state index in [4.69, 9.17) is 41.7 Å². The van der Waals surface area contributed by atoms with E-state index in [0.29, 0.717) is 6.42 Å². The molecule has 0 amide bonds. The van der Waals surface area contributed by atoms with Crippen LogP contribution in [0.15, 0.2) is 24.7 Å². The number of allylic oxidation sites excluding steroid dienone is 2. The third-order valence-corrected chi connectivity index (χ3v) is 5.41. The van der Waals surface area contributed by atoms with E-state index in [1.54, 1.807) is 12.2 Å². The van der Waals surface area contributed by atoms with Gasteiger partial charge in [-0.1, -0.05) is 19.1 Å². The van der Waals surface area contributed by atoms with Gasteiger partial charge in [0.15, 0.2) is 0 Å². The Kier molecular flexibility index (Phi) is 14.1. The zero-order valence-electron chi connectivity index (χ0n) is 14.0. The first-order chi connectivity index (χ1) is 11.0. The smallest absolute Gasteiger partial charge is 0.331 e. The van der Waals surface area contributed by atoms with Crippen LogP contribution in [0.3, 0.4) is 0 Å². The van der Waals surface area contributed by atoms with Crippen molar-refractivity contribution >= 4 is 30.8 Å². The third-order valence-electron chi connectivity index (χ3n) is 2.49. The molecule has 8 heteroatoms. The van der Waals surface area contributed by atoms with Crippen molar-refractivity contribution in [2.75, 3.05) is 31.1 Å². The Morgan fingerprint density at radius 2 is 1.39 bits per heavy atom. The zero-order valence-corrected chi connectivity index (χ0v) is 16.4. The van der Waals surface area contributed by atoms with E-state index in [2.05, 4.69) is 0 Å². The molecule has 0 radical (unpaired) electrons. The van der Waals surface area contributed by atoms with E-state index < -0.39 is 19.8 Å². The highest BCUT2D eigenvalue weighted by molar-refractivity contribution is 7.53. The van der Waals surface area contributed by atoms with Gasteiger partial charge in [-0.3, -0.25) is 4.57 Å². The molecule has 0 saturated carbocycles. The SMILES string of the molecule is CC=COCC(CCl)OP(=O)(CCC)OC(CCl)COC=CC. The van der Waals surface area contributed by atoms with Crippen molar-refractivity contribution in [3.8, 4) is 0 Å². The summed E-state index contributed by atoms with van der Waals surface area (Å²) in [5.74, 6) is 0.296. The Bertz CT molecular complexity index is 360. The van der Waals surface area contributed by atoms with Crippen LogP contribution in [0, 0.1) is 0 Å². The van der Waals surface area contributed by atoms with Gasteiger partial charge in [-0.05, 0) is 20.3 Å². The molecule has 136 valence electrons. The summed E-state index contributed by atoms with van der Waals surface area (Å²) in [5, 5.41) is 0. The van der Waals surface area contributed by atoms with Gasteiger partial charge in [-0.15, -0.1) is 23.2 Å². The van der Waals surface area contributed by atoms with Gasteiger partial charge in [0, 0.05) is 6.16 Å². The second-order valence-corrected chi connectivity index (χ2v) is 7.41. The summed E-state index contributed by atoms with van der Waals surface area (Å²) in [4.78, 5) is 0. The van der Waals surface area contributed by atoms with E-state index in [1.807, 2.05) is 20.8 Å². The van der Waals surface area contributed by atoms with Crippen molar-refractivity contribution in [1.29, 1.82) is 0 Å². The number of ether oxygens (including phenoxy) is 2. The first-order valence-corrected chi connectivity index (χ1v) is 10.4. The molecule has 0 fully saturated rings. The molecule has 0 aliphatic heterocycles. The average Bonchev–Trinajstić information content (AvgIpc) is 2.53. The van der Waals surface area contributed by atoms with Crippen molar-refractivity contribution in [3.63, 3.8) is 0 Å². The maximum atomic E-state index is 12.9. The van der Waals surface area contributed by atoms with E-state index in [-0.39, 0.29) is 31.1 Å². The number of hydrogen-bond donors (Lipinski definition) is 0. The molecule has 0 saturated heterocycles. The predicted molar refractivity (Wildman–Crippen MR) is 95.5 cm³/mol. The minimum atomic E-state index is -3.34. The number of halogens is 2. The molecule has 0 rings (SSSR count). The fourth-order valence-electron chi connectivity index (χ4n) is 1.58. The average molecular weight is 389 g/mol. The van der Waals surface area contributed by atoms with Crippen molar-refractivity contribution < 1.29 is 23.1 Å². The van der Waals surface area contributed by atoms with Gasteiger partial charge in [0.1, 0.15) is 25.4 Å². The molecule has 0 spiro atoms. The Labute approximate surface area is 149 Å². The van der Waals surface area contributed by atoms with Gasteiger partial charge in [0.25, 0.3) is 0 Å². The molecule has 0 aliphatic carbocycles. The zero-order chi connectivity index (χ0) is 17.6. The fraction of sp³-hybridized carbons (Fsp3) is 0.733. The Hall–Kier alpha value is -0.190. The molecule has 0 aromatic heterocycles. The van der Waals surface area contributed by atoms with Crippen molar-refractivity contribution in [3.05, 3.63) is 24.7 Å². The maximum absolute atomic E-state index is 12.9. The summed E-state index contributed by atoms with van der Waals surface area (Å²) in [6, 6.07) is 0.